The van der Waals surface area contributed by atoms with E-state index in [1.807, 2.05) is 0 Å². The Morgan fingerprint density at radius 1 is 1.09 bits per heavy atom. The van der Waals surface area contributed by atoms with Crippen molar-refractivity contribution in [3.05, 3.63) is 17.7 Å². The van der Waals surface area contributed by atoms with Gasteiger partial charge >= 0.3 is 6.18 Å². The third kappa shape index (κ3) is 4.56. The molecule has 9 heteroatoms. The molecular weight excluding hydrogens is 327 g/mol. The highest BCUT2D eigenvalue weighted by atomic mass is 35.5. The molecule has 0 spiro atoms. The Kier molecular flexibility index (Phi) is 7.78. The van der Waals surface area contributed by atoms with Crippen LogP contribution in [-0.4, -0.2) is 38.7 Å². The zero-order chi connectivity index (χ0) is 16.2. The van der Waals surface area contributed by atoms with E-state index in [4.69, 9.17) is 19.9 Å². The first-order valence-electron chi connectivity index (χ1n) is 6.05. The molecule has 1 aromatic rings. The van der Waals surface area contributed by atoms with Crippen LogP contribution in [0.5, 0.6) is 17.2 Å². The minimum atomic E-state index is -4.58. The smallest absolute Gasteiger partial charge is 0.403 e. The standard InChI is InChI=1S/C13H18F3NO4.ClH/c1-19-9-5-4-7(11(20-2)12(9)21-3)8(18)6-10(17)13(14,15)16;/h4-5,8,10,18H,6,17H2,1-3H3;1H/t8-,10+;/m1./s1. The lowest BCUT2D eigenvalue weighted by Gasteiger charge is -2.22. The Balaban J connectivity index is 0.00000441. The summed E-state index contributed by atoms with van der Waals surface area (Å²) in [6.45, 7) is 0. The first kappa shape index (κ1) is 20.6. The van der Waals surface area contributed by atoms with Crippen LogP contribution in [0, 0.1) is 0 Å². The first-order valence-corrected chi connectivity index (χ1v) is 6.05. The molecule has 0 aliphatic rings. The van der Waals surface area contributed by atoms with E-state index in [0.29, 0.717) is 5.75 Å². The van der Waals surface area contributed by atoms with Crippen LogP contribution in [0.1, 0.15) is 18.1 Å². The highest BCUT2D eigenvalue weighted by Crippen LogP contribution is 2.43. The van der Waals surface area contributed by atoms with Gasteiger partial charge in [-0.3, -0.25) is 0 Å². The van der Waals surface area contributed by atoms with Gasteiger partial charge in [0.25, 0.3) is 0 Å². The molecule has 0 heterocycles. The van der Waals surface area contributed by atoms with Crippen LogP contribution in [0.4, 0.5) is 13.2 Å². The third-order valence-corrected chi connectivity index (χ3v) is 2.99. The van der Waals surface area contributed by atoms with E-state index in [1.54, 1.807) is 0 Å². The number of nitrogens with two attached hydrogens (primary N) is 1. The van der Waals surface area contributed by atoms with Gasteiger partial charge in [0.1, 0.15) is 6.04 Å². The van der Waals surface area contributed by atoms with Gasteiger partial charge in [0.15, 0.2) is 11.5 Å². The quantitative estimate of drug-likeness (QED) is 0.828. The monoisotopic (exact) mass is 345 g/mol. The molecule has 3 N–H and O–H groups in total. The Bertz CT molecular complexity index is 485. The normalized spacial score (nSPS) is 13.8. The second-order valence-corrected chi connectivity index (χ2v) is 4.32. The first-order chi connectivity index (χ1) is 9.76. The molecule has 0 unspecified atom stereocenters. The summed E-state index contributed by atoms with van der Waals surface area (Å²) < 4.78 is 52.7. The highest BCUT2D eigenvalue weighted by molar-refractivity contribution is 5.85. The Labute approximate surface area is 132 Å². The van der Waals surface area contributed by atoms with Gasteiger partial charge < -0.3 is 25.1 Å². The lowest BCUT2D eigenvalue weighted by atomic mass is 10.0. The SMILES string of the molecule is COc1ccc([C@H](O)C[C@H](N)C(F)(F)F)c(OC)c1OC.Cl. The zero-order valence-electron chi connectivity index (χ0n) is 12.3. The second-order valence-electron chi connectivity index (χ2n) is 4.32. The molecule has 0 aromatic heterocycles. The average molecular weight is 346 g/mol. The molecule has 0 amide bonds. The number of ether oxygens (including phenoxy) is 3. The van der Waals surface area contributed by atoms with Crippen molar-refractivity contribution < 1.29 is 32.5 Å². The van der Waals surface area contributed by atoms with Crippen LogP contribution in [0.15, 0.2) is 12.1 Å². The number of benzene rings is 1. The number of hydrogen-bond acceptors (Lipinski definition) is 5. The number of methoxy groups -OCH3 is 3. The summed E-state index contributed by atoms with van der Waals surface area (Å²) in [5, 5.41) is 9.99. The van der Waals surface area contributed by atoms with Crippen molar-refractivity contribution in [2.45, 2.75) is 24.7 Å². The molecule has 22 heavy (non-hydrogen) atoms. The van der Waals surface area contributed by atoms with Crippen LogP contribution < -0.4 is 19.9 Å². The largest absolute Gasteiger partial charge is 0.493 e. The average Bonchev–Trinajstić information content (AvgIpc) is 2.43. The maximum absolute atomic E-state index is 12.5. The van der Waals surface area contributed by atoms with Crippen LogP contribution in [0.25, 0.3) is 0 Å². The summed E-state index contributed by atoms with van der Waals surface area (Å²) in [4.78, 5) is 0. The van der Waals surface area contributed by atoms with E-state index in [9.17, 15) is 18.3 Å². The van der Waals surface area contributed by atoms with Crippen molar-refractivity contribution in [1.82, 2.24) is 0 Å². The molecule has 0 aliphatic heterocycles. The summed E-state index contributed by atoms with van der Waals surface area (Å²) in [5.41, 5.74) is 5.17. The van der Waals surface area contributed by atoms with Gasteiger partial charge in [-0.2, -0.15) is 13.2 Å². The van der Waals surface area contributed by atoms with Crippen LogP contribution >= 0.6 is 12.4 Å². The predicted octanol–water partition coefficient (Wildman–Crippen LogP) is 2.45. The van der Waals surface area contributed by atoms with Gasteiger partial charge in [0.2, 0.25) is 5.75 Å². The van der Waals surface area contributed by atoms with Crippen LogP contribution in [-0.2, 0) is 0 Å². The lowest BCUT2D eigenvalue weighted by molar-refractivity contribution is -0.153. The summed E-state index contributed by atoms with van der Waals surface area (Å²) in [6.07, 6.45) is -6.71. The maximum Gasteiger partial charge on any atom is 0.403 e. The third-order valence-electron chi connectivity index (χ3n) is 2.99. The van der Waals surface area contributed by atoms with Crippen molar-refractivity contribution in [2.75, 3.05) is 21.3 Å². The van der Waals surface area contributed by atoms with Crippen molar-refractivity contribution in [2.24, 2.45) is 5.73 Å². The number of aliphatic hydroxyl groups is 1. The Hall–Kier alpha value is -1.38. The molecule has 0 aliphatic carbocycles. The summed E-state index contributed by atoms with van der Waals surface area (Å²) in [6, 6.07) is 0.748. The van der Waals surface area contributed by atoms with E-state index in [0.717, 1.165) is 0 Å². The molecule has 1 aromatic carbocycles. The maximum atomic E-state index is 12.5. The molecule has 0 saturated heterocycles. The topological polar surface area (TPSA) is 73.9 Å². The number of hydrogen-bond donors (Lipinski definition) is 2. The van der Waals surface area contributed by atoms with Gasteiger partial charge in [-0.1, -0.05) is 0 Å². The van der Waals surface area contributed by atoms with Crippen molar-refractivity contribution in [1.29, 1.82) is 0 Å². The van der Waals surface area contributed by atoms with Crippen molar-refractivity contribution in [3.63, 3.8) is 0 Å². The molecule has 2 atom stereocenters. The molecule has 5 nitrogen and oxygen atoms in total. The van der Waals surface area contributed by atoms with Gasteiger partial charge in [-0.25, -0.2) is 0 Å². The second kappa shape index (κ2) is 8.30. The molecule has 0 fully saturated rings. The molecular formula is C13H19ClF3NO4. The van der Waals surface area contributed by atoms with Gasteiger partial charge in [0.05, 0.1) is 27.4 Å². The zero-order valence-corrected chi connectivity index (χ0v) is 13.1. The minimum absolute atomic E-state index is 0. The summed E-state index contributed by atoms with van der Waals surface area (Å²) in [5.74, 6) is 0.640. The van der Waals surface area contributed by atoms with E-state index in [1.165, 1.54) is 33.5 Å². The van der Waals surface area contributed by atoms with Crippen molar-refractivity contribution >= 4 is 12.4 Å². The lowest BCUT2D eigenvalue weighted by Crippen LogP contribution is -2.38. The fraction of sp³-hybridized carbons (Fsp3) is 0.538. The van der Waals surface area contributed by atoms with E-state index in [2.05, 4.69) is 0 Å². The predicted molar refractivity (Wildman–Crippen MR) is 77.0 cm³/mol. The Morgan fingerprint density at radius 3 is 2.05 bits per heavy atom. The number of halogens is 4. The van der Waals surface area contributed by atoms with Crippen molar-refractivity contribution in [3.8, 4) is 17.2 Å². The number of aliphatic hydroxyl groups excluding tert-OH is 1. The molecule has 0 bridgehead atoms. The number of rotatable bonds is 6. The molecule has 128 valence electrons. The minimum Gasteiger partial charge on any atom is -0.493 e. The molecule has 0 saturated carbocycles. The van der Waals surface area contributed by atoms with E-state index >= 15 is 0 Å². The highest BCUT2D eigenvalue weighted by Gasteiger charge is 2.38. The van der Waals surface area contributed by atoms with E-state index in [-0.39, 0.29) is 29.5 Å². The van der Waals surface area contributed by atoms with Crippen LogP contribution in [0.3, 0.4) is 0 Å². The summed E-state index contributed by atoms with van der Waals surface area (Å²) >= 11 is 0. The fourth-order valence-electron chi connectivity index (χ4n) is 1.89. The van der Waals surface area contributed by atoms with Gasteiger partial charge in [-0.05, 0) is 12.1 Å². The fourth-order valence-corrected chi connectivity index (χ4v) is 1.89. The molecule has 0 radical (unpaired) electrons. The van der Waals surface area contributed by atoms with Crippen LogP contribution in [0.2, 0.25) is 0 Å². The number of alkyl halides is 3. The van der Waals surface area contributed by atoms with Gasteiger partial charge in [0, 0.05) is 12.0 Å². The Morgan fingerprint density at radius 2 is 1.64 bits per heavy atom. The molecule has 1 rings (SSSR count). The van der Waals surface area contributed by atoms with E-state index < -0.39 is 24.7 Å². The summed E-state index contributed by atoms with van der Waals surface area (Å²) in [7, 11) is 4.09. The van der Waals surface area contributed by atoms with Gasteiger partial charge in [-0.15, -0.1) is 12.4 Å².